The summed E-state index contributed by atoms with van der Waals surface area (Å²) in [4.78, 5) is 29.6. The van der Waals surface area contributed by atoms with Crippen LogP contribution in [0.3, 0.4) is 0 Å². The summed E-state index contributed by atoms with van der Waals surface area (Å²) in [5.41, 5.74) is 0. The normalized spacial score (nSPS) is 16.0. The number of hydrogen-bond acceptors (Lipinski definition) is 6. The quantitative estimate of drug-likeness (QED) is 0.620. The lowest BCUT2D eigenvalue weighted by atomic mass is 9.97. The number of hydrogen-bond donors (Lipinski definition) is 1. The van der Waals surface area contributed by atoms with Crippen LogP contribution in [0.25, 0.3) is 0 Å². The number of aryl methyl sites for hydroxylation is 1. The predicted molar refractivity (Wildman–Crippen MR) is 107 cm³/mol. The number of nitrogens with zero attached hydrogens (tertiary/aromatic N) is 3. The van der Waals surface area contributed by atoms with Crippen molar-refractivity contribution in [1.82, 2.24) is 15.0 Å². The van der Waals surface area contributed by atoms with E-state index in [9.17, 15) is 9.59 Å². The molecule has 0 aromatic carbocycles. The molecule has 8 heteroatoms. The van der Waals surface area contributed by atoms with Crippen molar-refractivity contribution in [3.05, 3.63) is 11.8 Å². The number of carbonyl (C=O) groups excluding carboxylic acids is 2. The van der Waals surface area contributed by atoms with Crippen LogP contribution in [0.4, 0.5) is 5.82 Å². The molecule has 1 atom stereocenters. The summed E-state index contributed by atoms with van der Waals surface area (Å²) in [6, 6.07) is 1.66. The van der Waals surface area contributed by atoms with E-state index in [0.717, 1.165) is 45.3 Å². The van der Waals surface area contributed by atoms with E-state index < -0.39 is 0 Å². The number of unbranched alkanes of at least 4 members (excludes halogenated alkanes) is 1. The number of carbonyl (C=O) groups is 2. The van der Waals surface area contributed by atoms with Crippen molar-refractivity contribution in [2.75, 3.05) is 51.3 Å². The molecule has 1 aliphatic heterocycles. The molecule has 0 unspecified atom stereocenters. The van der Waals surface area contributed by atoms with Crippen LogP contribution in [0.5, 0.6) is 0 Å². The SMILES string of the molecule is CCCC[C@@H](CC)C(=O)N(CCN1CCOCC1)CC(=O)Nc1cc(C)on1. The largest absolute Gasteiger partial charge is 0.379 e. The van der Waals surface area contributed by atoms with Crippen molar-refractivity contribution in [3.63, 3.8) is 0 Å². The molecule has 1 aromatic rings. The third-order valence-electron chi connectivity index (χ3n) is 5.08. The molecule has 158 valence electrons. The minimum absolute atomic E-state index is 0.0255. The third kappa shape index (κ3) is 7.24. The van der Waals surface area contributed by atoms with Crippen LogP contribution in [-0.2, 0) is 14.3 Å². The average molecular weight is 395 g/mol. The maximum absolute atomic E-state index is 13.1. The number of ether oxygens (including phenoxy) is 1. The molecule has 0 spiro atoms. The van der Waals surface area contributed by atoms with Gasteiger partial charge in [-0.25, -0.2) is 0 Å². The maximum atomic E-state index is 13.1. The average Bonchev–Trinajstić information content (AvgIpc) is 3.10. The van der Waals surface area contributed by atoms with Crippen LogP contribution in [0.15, 0.2) is 10.6 Å². The summed E-state index contributed by atoms with van der Waals surface area (Å²) >= 11 is 0. The molecule has 0 radical (unpaired) electrons. The fourth-order valence-corrected chi connectivity index (χ4v) is 3.35. The second-order valence-corrected chi connectivity index (χ2v) is 7.33. The Balaban J connectivity index is 1.98. The van der Waals surface area contributed by atoms with Crippen LogP contribution in [0.2, 0.25) is 0 Å². The van der Waals surface area contributed by atoms with Crippen molar-refractivity contribution >= 4 is 17.6 Å². The number of amides is 2. The summed E-state index contributed by atoms with van der Waals surface area (Å²) in [5.74, 6) is 0.777. The third-order valence-corrected chi connectivity index (χ3v) is 5.08. The van der Waals surface area contributed by atoms with Crippen LogP contribution >= 0.6 is 0 Å². The van der Waals surface area contributed by atoms with Gasteiger partial charge in [0.25, 0.3) is 0 Å². The fourth-order valence-electron chi connectivity index (χ4n) is 3.35. The van der Waals surface area contributed by atoms with Gasteiger partial charge in [-0.05, 0) is 19.8 Å². The van der Waals surface area contributed by atoms with E-state index in [2.05, 4.69) is 22.3 Å². The van der Waals surface area contributed by atoms with Crippen molar-refractivity contribution < 1.29 is 18.8 Å². The molecule has 1 N–H and O–H groups in total. The Morgan fingerprint density at radius 2 is 2.07 bits per heavy atom. The fraction of sp³-hybridized carbons (Fsp3) is 0.750. The monoisotopic (exact) mass is 394 g/mol. The molecule has 0 aliphatic carbocycles. The molecule has 0 bridgehead atoms. The molecule has 2 heterocycles. The maximum Gasteiger partial charge on any atom is 0.245 e. The van der Waals surface area contributed by atoms with Crippen LogP contribution in [0, 0.1) is 12.8 Å². The van der Waals surface area contributed by atoms with Gasteiger partial charge >= 0.3 is 0 Å². The highest BCUT2D eigenvalue weighted by atomic mass is 16.5. The molecular formula is C20H34N4O4. The van der Waals surface area contributed by atoms with Gasteiger partial charge in [0.05, 0.1) is 19.8 Å². The molecule has 1 saturated heterocycles. The molecule has 8 nitrogen and oxygen atoms in total. The van der Waals surface area contributed by atoms with Gasteiger partial charge in [-0.1, -0.05) is 31.8 Å². The second-order valence-electron chi connectivity index (χ2n) is 7.33. The first-order valence-electron chi connectivity index (χ1n) is 10.4. The van der Waals surface area contributed by atoms with Gasteiger partial charge in [-0.2, -0.15) is 0 Å². The smallest absolute Gasteiger partial charge is 0.245 e. The molecule has 28 heavy (non-hydrogen) atoms. The molecule has 0 saturated carbocycles. The van der Waals surface area contributed by atoms with E-state index in [1.165, 1.54) is 0 Å². The zero-order chi connectivity index (χ0) is 20.4. The first kappa shape index (κ1) is 22.4. The van der Waals surface area contributed by atoms with E-state index >= 15 is 0 Å². The molecule has 2 rings (SSSR count). The topological polar surface area (TPSA) is 87.9 Å². The summed E-state index contributed by atoms with van der Waals surface area (Å²) in [7, 11) is 0. The second kappa shape index (κ2) is 11.8. The molecule has 1 aliphatic rings. The highest BCUT2D eigenvalue weighted by Crippen LogP contribution is 2.16. The Hall–Kier alpha value is -1.93. The number of morpholine rings is 1. The van der Waals surface area contributed by atoms with Gasteiger partial charge in [0.2, 0.25) is 11.8 Å². The zero-order valence-corrected chi connectivity index (χ0v) is 17.4. The van der Waals surface area contributed by atoms with Crippen LogP contribution in [0.1, 0.15) is 45.3 Å². The first-order chi connectivity index (χ1) is 13.5. The Morgan fingerprint density at radius 1 is 1.32 bits per heavy atom. The van der Waals surface area contributed by atoms with Crippen molar-refractivity contribution in [2.24, 2.45) is 5.92 Å². The summed E-state index contributed by atoms with van der Waals surface area (Å²) in [6.45, 7) is 10.4. The van der Waals surface area contributed by atoms with E-state index in [1.807, 2.05) is 6.92 Å². The standard InChI is InChI=1S/C20H34N4O4/c1-4-6-7-17(5-2)20(26)24(9-8-23-10-12-27-13-11-23)15-19(25)21-18-14-16(3)28-22-18/h14,17H,4-13,15H2,1-3H3,(H,21,22,25)/t17-/m1/s1. The first-order valence-corrected chi connectivity index (χ1v) is 10.4. The van der Waals surface area contributed by atoms with Gasteiger partial charge in [-0.3, -0.25) is 14.5 Å². The Morgan fingerprint density at radius 3 is 2.68 bits per heavy atom. The molecular weight excluding hydrogens is 360 g/mol. The van der Waals surface area contributed by atoms with Gasteiger partial charge in [0, 0.05) is 38.2 Å². The Kier molecular flexibility index (Phi) is 9.43. The highest BCUT2D eigenvalue weighted by Gasteiger charge is 2.25. The van der Waals surface area contributed by atoms with Gasteiger partial charge in [-0.15, -0.1) is 0 Å². The van der Waals surface area contributed by atoms with Crippen LogP contribution < -0.4 is 5.32 Å². The van der Waals surface area contributed by atoms with E-state index in [4.69, 9.17) is 9.26 Å². The lowest BCUT2D eigenvalue weighted by Gasteiger charge is -2.31. The number of nitrogens with one attached hydrogen (secondary N) is 1. The minimum Gasteiger partial charge on any atom is -0.379 e. The molecule has 2 amide bonds. The summed E-state index contributed by atoms with van der Waals surface area (Å²) in [5, 5.41) is 6.50. The van der Waals surface area contributed by atoms with E-state index in [-0.39, 0.29) is 24.3 Å². The van der Waals surface area contributed by atoms with Crippen molar-refractivity contribution in [1.29, 1.82) is 0 Å². The van der Waals surface area contributed by atoms with Gasteiger partial charge in [0.1, 0.15) is 5.76 Å². The number of anilines is 1. The molecule has 1 fully saturated rings. The Bertz CT molecular complexity index is 613. The van der Waals surface area contributed by atoms with Crippen LogP contribution in [-0.4, -0.2) is 72.7 Å². The van der Waals surface area contributed by atoms with Gasteiger partial charge in [0.15, 0.2) is 5.82 Å². The van der Waals surface area contributed by atoms with Gasteiger partial charge < -0.3 is 19.5 Å². The van der Waals surface area contributed by atoms with Crippen molar-refractivity contribution in [3.8, 4) is 0 Å². The minimum atomic E-state index is -0.256. The lowest BCUT2D eigenvalue weighted by Crippen LogP contribution is -2.47. The molecule has 1 aromatic heterocycles. The number of rotatable bonds is 11. The van der Waals surface area contributed by atoms with E-state index in [0.29, 0.717) is 31.3 Å². The van der Waals surface area contributed by atoms with Crippen molar-refractivity contribution in [2.45, 2.75) is 46.5 Å². The lowest BCUT2D eigenvalue weighted by molar-refractivity contribution is -0.139. The number of aromatic nitrogens is 1. The summed E-state index contributed by atoms with van der Waals surface area (Å²) in [6.07, 6.45) is 3.73. The highest BCUT2D eigenvalue weighted by molar-refractivity contribution is 5.94. The zero-order valence-electron chi connectivity index (χ0n) is 17.4. The van der Waals surface area contributed by atoms with E-state index in [1.54, 1.807) is 17.9 Å². The Labute approximate surface area is 167 Å². The summed E-state index contributed by atoms with van der Waals surface area (Å²) < 4.78 is 10.4. The predicted octanol–water partition coefficient (Wildman–Crippen LogP) is 2.30.